The van der Waals surface area contributed by atoms with Crippen LogP contribution < -0.4 is 9.47 Å². The zero-order valence-corrected chi connectivity index (χ0v) is 17.1. The van der Waals surface area contributed by atoms with Gasteiger partial charge >= 0.3 is 0 Å². The van der Waals surface area contributed by atoms with Crippen LogP contribution in [0.5, 0.6) is 11.5 Å². The molecule has 4 rings (SSSR count). The van der Waals surface area contributed by atoms with Gasteiger partial charge in [0, 0.05) is 25.1 Å². The Morgan fingerprint density at radius 3 is 2.37 bits per heavy atom. The number of carbonyl (C=O) groups excluding carboxylic acids is 3. The van der Waals surface area contributed by atoms with Crippen LogP contribution in [0, 0.1) is 0 Å². The monoisotopic (exact) mass is 408 g/mol. The number of hydrogen-bond acceptors (Lipinski definition) is 5. The van der Waals surface area contributed by atoms with E-state index in [0.717, 1.165) is 18.4 Å². The summed E-state index contributed by atoms with van der Waals surface area (Å²) in [5.74, 6) is 0.655. The largest absolute Gasteiger partial charge is 0.497 e. The van der Waals surface area contributed by atoms with Crippen molar-refractivity contribution < 1.29 is 23.9 Å². The molecule has 3 amide bonds. The fourth-order valence-electron chi connectivity index (χ4n) is 4.28. The highest BCUT2D eigenvalue weighted by Crippen LogP contribution is 2.39. The topological polar surface area (TPSA) is 76.2 Å². The van der Waals surface area contributed by atoms with Gasteiger partial charge in [-0.3, -0.25) is 19.3 Å². The van der Waals surface area contributed by atoms with Crippen LogP contribution in [0.2, 0.25) is 0 Å². The molecule has 1 atom stereocenters. The molecule has 2 aliphatic rings. The number of rotatable bonds is 6. The van der Waals surface area contributed by atoms with E-state index in [-0.39, 0.29) is 36.7 Å². The Morgan fingerprint density at radius 1 is 1.03 bits per heavy atom. The molecule has 0 saturated carbocycles. The molecule has 2 heterocycles. The molecule has 7 heteroatoms. The van der Waals surface area contributed by atoms with E-state index in [1.165, 1.54) is 4.90 Å². The molecule has 0 radical (unpaired) electrons. The molecule has 1 fully saturated rings. The summed E-state index contributed by atoms with van der Waals surface area (Å²) in [5.41, 5.74) is 1.70. The third-order valence-corrected chi connectivity index (χ3v) is 5.80. The molecule has 1 saturated heterocycles. The molecule has 2 aliphatic heterocycles. The number of fused-ring (bicyclic) bond motifs is 1. The predicted molar refractivity (Wildman–Crippen MR) is 110 cm³/mol. The zero-order valence-electron chi connectivity index (χ0n) is 17.1. The van der Waals surface area contributed by atoms with Crippen molar-refractivity contribution in [2.75, 3.05) is 27.3 Å². The van der Waals surface area contributed by atoms with Gasteiger partial charge in [0.05, 0.1) is 31.4 Å². The molecular formula is C23H24N2O5. The van der Waals surface area contributed by atoms with E-state index < -0.39 is 0 Å². The number of carbonyl (C=O) groups is 3. The van der Waals surface area contributed by atoms with Crippen LogP contribution in [0.3, 0.4) is 0 Å². The van der Waals surface area contributed by atoms with E-state index in [4.69, 9.17) is 9.47 Å². The van der Waals surface area contributed by atoms with Gasteiger partial charge in [0.25, 0.3) is 11.8 Å². The first-order valence-corrected chi connectivity index (χ1v) is 10.0. The summed E-state index contributed by atoms with van der Waals surface area (Å²) in [4.78, 5) is 41.1. The Bertz CT molecular complexity index is 968. The van der Waals surface area contributed by atoms with Gasteiger partial charge in [0.15, 0.2) is 0 Å². The van der Waals surface area contributed by atoms with Gasteiger partial charge in [-0.25, -0.2) is 0 Å². The predicted octanol–water partition coefficient (Wildman–Crippen LogP) is 3.05. The molecule has 156 valence electrons. The smallest absolute Gasteiger partial charge is 0.261 e. The average Bonchev–Trinajstić information content (AvgIpc) is 3.36. The summed E-state index contributed by atoms with van der Waals surface area (Å²) in [7, 11) is 3.21. The van der Waals surface area contributed by atoms with E-state index in [9.17, 15) is 14.4 Å². The Hall–Kier alpha value is -3.35. The van der Waals surface area contributed by atoms with Crippen molar-refractivity contribution in [3.05, 3.63) is 59.2 Å². The van der Waals surface area contributed by atoms with Crippen molar-refractivity contribution in [2.24, 2.45) is 0 Å². The summed E-state index contributed by atoms with van der Waals surface area (Å²) < 4.78 is 10.8. The summed E-state index contributed by atoms with van der Waals surface area (Å²) >= 11 is 0. The third-order valence-electron chi connectivity index (χ3n) is 5.80. The van der Waals surface area contributed by atoms with Gasteiger partial charge in [-0.2, -0.15) is 0 Å². The highest BCUT2D eigenvalue weighted by Gasteiger charge is 2.37. The fourth-order valence-corrected chi connectivity index (χ4v) is 4.28. The number of likely N-dealkylation sites (tertiary alicyclic amines) is 1. The molecule has 0 unspecified atom stereocenters. The maximum absolute atomic E-state index is 13.0. The van der Waals surface area contributed by atoms with Crippen LogP contribution in [-0.4, -0.2) is 54.8 Å². The minimum absolute atomic E-state index is 0.0731. The van der Waals surface area contributed by atoms with Gasteiger partial charge in [-0.1, -0.05) is 12.1 Å². The fraction of sp³-hybridized carbons (Fsp3) is 0.348. The molecule has 0 spiro atoms. The average molecular weight is 408 g/mol. The number of hydrogen-bond donors (Lipinski definition) is 0. The number of imide groups is 1. The molecular weight excluding hydrogens is 384 g/mol. The van der Waals surface area contributed by atoms with Gasteiger partial charge in [0.1, 0.15) is 11.5 Å². The highest BCUT2D eigenvalue weighted by molar-refractivity contribution is 6.21. The van der Waals surface area contributed by atoms with Crippen LogP contribution >= 0.6 is 0 Å². The summed E-state index contributed by atoms with van der Waals surface area (Å²) in [5, 5.41) is 0. The molecule has 7 nitrogen and oxygen atoms in total. The van der Waals surface area contributed by atoms with E-state index in [0.29, 0.717) is 29.2 Å². The van der Waals surface area contributed by atoms with Crippen molar-refractivity contribution in [3.8, 4) is 11.5 Å². The van der Waals surface area contributed by atoms with E-state index >= 15 is 0 Å². The Balaban J connectivity index is 1.48. The van der Waals surface area contributed by atoms with E-state index in [2.05, 4.69) is 0 Å². The molecule has 0 aliphatic carbocycles. The first-order valence-electron chi connectivity index (χ1n) is 10.0. The minimum Gasteiger partial charge on any atom is -0.497 e. The standard InChI is InChI=1S/C23H24N2O5/c1-29-15-9-10-20(30-2)18(14-15)19-8-5-12-24(19)21(26)11-13-25-22(27)16-6-3-4-7-17(16)23(25)28/h3-4,6-7,9-10,14,19H,5,8,11-13H2,1-2H3/t19-/m1/s1. The quantitative estimate of drug-likeness (QED) is 0.687. The number of benzene rings is 2. The van der Waals surface area contributed by atoms with Crippen molar-refractivity contribution in [3.63, 3.8) is 0 Å². The van der Waals surface area contributed by atoms with E-state index in [1.54, 1.807) is 38.5 Å². The van der Waals surface area contributed by atoms with Crippen LogP contribution in [0.25, 0.3) is 0 Å². The minimum atomic E-state index is -0.337. The lowest BCUT2D eigenvalue weighted by atomic mass is 10.0. The lowest BCUT2D eigenvalue weighted by molar-refractivity contribution is -0.132. The Labute approximate surface area is 175 Å². The summed E-state index contributed by atoms with van der Waals surface area (Å²) in [6, 6.07) is 12.2. The second-order valence-electron chi connectivity index (χ2n) is 7.41. The van der Waals surface area contributed by atoms with Crippen LogP contribution in [0.4, 0.5) is 0 Å². The number of amides is 3. The lowest BCUT2D eigenvalue weighted by Crippen LogP contribution is -2.36. The Morgan fingerprint density at radius 2 is 1.73 bits per heavy atom. The van der Waals surface area contributed by atoms with Gasteiger partial charge in [0.2, 0.25) is 5.91 Å². The number of methoxy groups -OCH3 is 2. The maximum Gasteiger partial charge on any atom is 0.261 e. The van der Waals surface area contributed by atoms with Crippen molar-refractivity contribution in [2.45, 2.75) is 25.3 Å². The second kappa shape index (κ2) is 8.18. The molecule has 0 aromatic heterocycles. The van der Waals surface area contributed by atoms with Gasteiger partial charge in [-0.05, 0) is 43.2 Å². The molecule has 2 aromatic rings. The maximum atomic E-state index is 13.0. The van der Waals surface area contributed by atoms with Gasteiger partial charge < -0.3 is 14.4 Å². The van der Waals surface area contributed by atoms with Crippen molar-refractivity contribution in [1.29, 1.82) is 0 Å². The van der Waals surface area contributed by atoms with Gasteiger partial charge in [-0.15, -0.1) is 0 Å². The van der Waals surface area contributed by atoms with E-state index in [1.807, 2.05) is 23.1 Å². The van der Waals surface area contributed by atoms with Crippen LogP contribution in [0.1, 0.15) is 51.6 Å². The zero-order chi connectivity index (χ0) is 21.3. The SMILES string of the molecule is COc1ccc(OC)c([C@H]2CCCN2C(=O)CCN2C(=O)c3ccccc3C2=O)c1. The Kier molecular flexibility index (Phi) is 5.44. The summed E-state index contributed by atoms with van der Waals surface area (Å²) in [6.07, 6.45) is 1.79. The highest BCUT2D eigenvalue weighted by atomic mass is 16.5. The number of nitrogens with zero attached hydrogens (tertiary/aromatic N) is 2. The molecule has 0 bridgehead atoms. The first-order chi connectivity index (χ1) is 14.5. The lowest BCUT2D eigenvalue weighted by Gasteiger charge is -2.27. The first kappa shape index (κ1) is 19.9. The molecule has 0 N–H and O–H groups in total. The second-order valence-corrected chi connectivity index (χ2v) is 7.41. The van der Waals surface area contributed by atoms with Crippen molar-refractivity contribution in [1.82, 2.24) is 9.80 Å². The normalized spacial score (nSPS) is 18.0. The molecule has 2 aromatic carbocycles. The summed E-state index contributed by atoms with van der Waals surface area (Å²) in [6.45, 7) is 0.704. The third kappa shape index (κ3) is 3.40. The molecule has 30 heavy (non-hydrogen) atoms. The van der Waals surface area contributed by atoms with Crippen LogP contribution in [0.15, 0.2) is 42.5 Å². The van der Waals surface area contributed by atoms with Crippen LogP contribution in [-0.2, 0) is 4.79 Å². The van der Waals surface area contributed by atoms with Crippen molar-refractivity contribution >= 4 is 17.7 Å². The number of ether oxygens (including phenoxy) is 2.